The molecule has 0 spiro atoms. The van der Waals surface area contributed by atoms with Gasteiger partial charge in [-0.3, -0.25) is 28.3 Å². The number of hydrogen-bond acceptors (Lipinski definition) is 23. The first kappa shape index (κ1) is 51.0. The van der Waals surface area contributed by atoms with Crippen molar-refractivity contribution in [2.24, 2.45) is 20.5 Å². The van der Waals surface area contributed by atoms with Crippen LogP contribution in [-0.4, -0.2) is 99.9 Å². The largest absolute Gasteiger partial charge is 0.479 e. The molecule has 0 atom stereocenters. The molecule has 0 amide bonds. The third-order valence-electron chi connectivity index (χ3n) is 8.24. The van der Waals surface area contributed by atoms with E-state index in [0.29, 0.717) is 21.4 Å². The molecule has 0 saturated heterocycles. The smallest absolute Gasteiger partial charge is 0.320 e. The molecule has 1 heterocycles. The third kappa shape index (κ3) is 15.3. The van der Waals surface area contributed by atoms with Crippen LogP contribution >= 0.6 is 23.5 Å². The number of benzene rings is 4. The summed E-state index contributed by atoms with van der Waals surface area (Å²) in [6, 6.07) is 12.5. The van der Waals surface area contributed by atoms with Crippen molar-refractivity contribution in [2.45, 2.75) is 39.3 Å². The number of nitrogens with two attached hydrogens (primary N) is 1. The molecule has 0 radical (unpaired) electrons. The lowest BCUT2D eigenvalue weighted by Gasteiger charge is -2.13. The Kier molecular flexibility index (Phi) is 16.3. The van der Waals surface area contributed by atoms with Gasteiger partial charge in [-0.15, -0.1) is 38.9 Å². The Morgan fingerprint density at radius 1 is 0.682 bits per heavy atom. The van der Waals surface area contributed by atoms with Gasteiger partial charge in [0.25, 0.3) is 46.2 Å². The van der Waals surface area contributed by atoms with Crippen LogP contribution in [0.5, 0.6) is 6.01 Å². The fourth-order valence-electron chi connectivity index (χ4n) is 5.29. The van der Waals surface area contributed by atoms with Gasteiger partial charge in [0.2, 0.25) is 11.9 Å². The quantitative estimate of drug-likeness (QED) is 0.00702. The normalized spacial score (nSPS) is 12.5. The van der Waals surface area contributed by atoms with E-state index in [1.54, 1.807) is 6.92 Å². The monoisotopic (exact) mass is 1030 g/mol. The minimum Gasteiger partial charge on any atom is -0.479 e. The van der Waals surface area contributed by atoms with Gasteiger partial charge < -0.3 is 21.5 Å². The van der Waals surface area contributed by atoms with E-state index in [-0.39, 0.29) is 70.4 Å². The van der Waals surface area contributed by atoms with E-state index in [1.807, 2.05) is 0 Å². The van der Waals surface area contributed by atoms with Crippen molar-refractivity contribution in [3.63, 3.8) is 0 Å². The molecule has 0 aliphatic heterocycles. The van der Waals surface area contributed by atoms with Crippen LogP contribution in [0.2, 0.25) is 0 Å². The van der Waals surface area contributed by atoms with Gasteiger partial charge in [0.05, 0.1) is 38.4 Å². The van der Waals surface area contributed by atoms with Gasteiger partial charge in [-0.05, 0) is 85.4 Å². The van der Waals surface area contributed by atoms with E-state index < -0.39 is 84.1 Å². The fourth-order valence-corrected chi connectivity index (χ4v) is 9.72. The molecule has 5 rings (SSSR count). The lowest BCUT2D eigenvalue weighted by Crippen LogP contribution is -2.05. The van der Waals surface area contributed by atoms with Gasteiger partial charge in [0.15, 0.2) is 0 Å². The Morgan fingerprint density at radius 2 is 1.26 bits per heavy atom. The number of nitro benzene ring substituents is 1. The van der Waals surface area contributed by atoms with Gasteiger partial charge in [0, 0.05) is 33.3 Å². The third-order valence-corrected chi connectivity index (χ3v) is 13.9. The molecular weight excluding hydrogens is 995 g/mol. The summed E-state index contributed by atoms with van der Waals surface area (Å²) in [6.07, 6.45) is 0.00635. The SMILES string of the molecule is Cc1cc(N=Nc2cc(SCCCS(=O)(=O)O)c(N)cc2Nc2nc(O)nc(Nc3cccc(S(=O)(=O)O)c3)n2)c(SCCCS(=O)(=O)O)cc1N=Nc1ccc([N+](=O)[O-])cc1S(=O)(=O)O. The summed E-state index contributed by atoms with van der Waals surface area (Å²) in [5, 5.41) is 44.0. The molecule has 0 aliphatic carbocycles. The van der Waals surface area contributed by atoms with Crippen LogP contribution in [0.4, 0.5) is 57.4 Å². The highest BCUT2D eigenvalue weighted by atomic mass is 32.2. The van der Waals surface area contributed by atoms with E-state index in [4.69, 9.17) is 5.73 Å². The number of hydrogen-bond donors (Lipinski definition) is 8. The minimum absolute atomic E-state index is 0.0306. The van der Waals surface area contributed by atoms with Crippen molar-refractivity contribution in [1.82, 2.24) is 15.0 Å². The Hall–Kier alpha value is -5.97. The molecule has 32 heteroatoms. The first-order valence-corrected chi connectivity index (χ1v) is 26.2. The number of aromatic hydroxyl groups is 1. The zero-order valence-electron chi connectivity index (χ0n) is 33.5. The summed E-state index contributed by atoms with van der Waals surface area (Å²) in [5.41, 5.74) is 6.25. The molecule has 66 heavy (non-hydrogen) atoms. The predicted molar refractivity (Wildman–Crippen MR) is 241 cm³/mol. The zero-order valence-corrected chi connectivity index (χ0v) is 38.4. The van der Waals surface area contributed by atoms with E-state index in [1.165, 1.54) is 36.4 Å². The Morgan fingerprint density at radius 3 is 1.86 bits per heavy atom. The minimum atomic E-state index is -5.01. The van der Waals surface area contributed by atoms with E-state index in [2.05, 4.69) is 46.0 Å². The predicted octanol–water partition coefficient (Wildman–Crippen LogP) is 6.93. The van der Waals surface area contributed by atoms with Gasteiger partial charge in [-0.25, -0.2) is 0 Å². The molecule has 5 aromatic rings. The van der Waals surface area contributed by atoms with Crippen LogP contribution in [0, 0.1) is 17.0 Å². The maximum Gasteiger partial charge on any atom is 0.320 e. The summed E-state index contributed by atoms with van der Waals surface area (Å²) >= 11 is 2.17. The van der Waals surface area contributed by atoms with E-state index in [9.17, 15) is 67.1 Å². The molecule has 0 saturated carbocycles. The standard InChI is InChI=1S/C34H35N11O15S6/c1-19-13-28(30(62-10-4-12-64(52,53)54)17-25(19)42-41-24-8-7-21(45(47)48)15-31(24)66(58,59)60)44-43-27-18-29(61-9-3-11-63(49,50)51)23(35)16-26(27)37-33-38-32(39-34(46)40-33)36-20-5-2-6-22(14-20)65(55,56)57/h2,5-8,13-18H,3-4,9-12,35H2,1H3,(H,49,50,51)(H,52,53,54)(H,55,56,57)(H,58,59,60)(H3,36,37,38,39,40,46). The summed E-state index contributed by atoms with van der Waals surface area (Å²) in [4.78, 5) is 21.6. The number of aromatic nitrogens is 3. The molecule has 0 bridgehead atoms. The summed E-state index contributed by atoms with van der Waals surface area (Å²) in [6.45, 7) is 1.56. The molecule has 26 nitrogen and oxygen atoms in total. The van der Waals surface area contributed by atoms with Crippen molar-refractivity contribution in [3.8, 4) is 6.01 Å². The van der Waals surface area contributed by atoms with Crippen LogP contribution in [0.15, 0.2) is 107 Å². The van der Waals surface area contributed by atoms with Crippen LogP contribution in [0.3, 0.4) is 0 Å². The second kappa shape index (κ2) is 21.1. The van der Waals surface area contributed by atoms with Crippen molar-refractivity contribution in [2.75, 3.05) is 39.4 Å². The van der Waals surface area contributed by atoms with Crippen LogP contribution in [0.1, 0.15) is 18.4 Å². The van der Waals surface area contributed by atoms with Crippen molar-refractivity contribution >= 4 is 121 Å². The highest BCUT2D eigenvalue weighted by Crippen LogP contribution is 2.41. The average Bonchev–Trinajstić information content (AvgIpc) is 3.19. The van der Waals surface area contributed by atoms with E-state index in [0.717, 1.165) is 47.8 Å². The highest BCUT2D eigenvalue weighted by Gasteiger charge is 2.21. The Labute approximate surface area is 383 Å². The number of non-ortho nitro benzene ring substituents is 1. The molecule has 1 aromatic heterocycles. The van der Waals surface area contributed by atoms with Gasteiger partial charge >= 0.3 is 6.01 Å². The number of rotatable bonds is 21. The first-order chi connectivity index (χ1) is 30.7. The number of nitrogens with zero attached hydrogens (tertiary/aromatic N) is 8. The maximum absolute atomic E-state index is 12.1. The van der Waals surface area contributed by atoms with E-state index >= 15 is 0 Å². The molecule has 0 aliphatic rings. The summed E-state index contributed by atoms with van der Waals surface area (Å²) < 4.78 is 131. The zero-order chi connectivity index (χ0) is 48.6. The Balaban J connectivity index is 1.56. The maximum atomic E-state index is 12.1. The van der Waals surface area contributed by atoms with Crippen molar-refractivity contribution in [1.29, 1.82) is 0 Å². The second-order valence-electron chi connectivity index (χ2n) is 13.3. The average molecular weight is 1030 g/mol. The Bertz CT molecular complexity index is 3200. The number of anilines is 5. The number of nitro groups is 1. The van der Waals surface area contributed by atoms with Crippen LogP contribution in [-0.2, 0) is 40.5 Å². The van der Waals surface area contributed by atoms with Gasteiger partial charge in [-0.2, -0.15) is 53.7 Å². The lowest BCUT2D eigenvalue weighted by atomic mass is 10.2. The van der Waals surface area contributed by atoms with Gasteiger partial charge in [0.1, 0.15) is 16.3 Å². The number of azo groups is 2. The lowest BCUT2D eigenvalue weighted by molar-refractivity contribution is -0.385. The molecular formula is C34H35N11O15S6. The molecule has 352 valence electrons. The number of nitrogens with one attached hydrogen (secondary N) is 2. The van der Waals surface area contributed by atoms with Gasteiger partial charge in [-0.1, -0.05) is 6.07 Å². The van der Waals surface area contributed by atoms with Crippen molar-refractivity contribution < 1.29 is 61.9 Å². The highest BCUT2D eigenvalue weighted by molar-refractivity contribution is 7.99. The summed E-state index contributed by atoms with van der Waals surface area (Å²) in [7, 11) is -18.2. The summed E-state index contributed by atoms with van der Waals surface area (Å²) in [5.74, 6) is -1.43. The second-order valence-corrected chi connectivity index (χ2v) is 21.5. The molecule has 0 fully saturated rings. The fraction of sp³-hybridized carbons (Fsp3) is 0.206. The number of aryl methyl sites for hydroxylation is 1. The topological polar surface area (TPSA) is 419 Å². The molecule has 9 N–H and O–H groups in total. The first-order valence-electron chi connectivity index (χ1n) is 18.1. The number of nitrogen functional groups attached to an aromatic ring is 1. The van der Waals surface area contributed by atoms with Crippen molar-refractivity contribution in [3.05, 3.63) is 82.4 Å². The van der Waals surface area contributed by atoms with Crippen LogP contribution < -0.4 is 16.4 Å². The number of thioether (sulfide) groups is 2. The molecule has 4 aromatic carbocycles. The van der Waals surface area contributed by atoms with Crippen LogP contribution in [0.25, 0.3) is 0 Å². The molecule has 0 unspecified atom stereocenters.